The summed E-state index contributed by atoms with van der Waals surface area (Å²) in [5.41, 5.74) is 1.59. The molecule has 15 heteroatoms. The molecule has 4 heterocycles. The van der Waals surface area contributed by atoms with Gasteiger partial charge in [0.1, 0.15) is 12.3 Å². The maximum atomic E-state index is 13.5. The second-order valence-electron chi connectivity index (χ2n) is 8.78. The molecule has 3 aromatic rings. The van der Waals surface area contributed by atoms with Gasteiger partial charge in [0.2, 0.25) is 6.10 Å². The Kier molecular flexibility index (Phi) is 7.65. The van der Waals surface area contributed by atoms with E-state index >= 15 is 0 Å². The lowest BCUT2D eigenvalue weighted by molar-refractivity contribution is -0.167. The third-order valence-corrected chi connectivity index (χ3v) is 6.10. The number of aromatic amines is 1. The third-order valence-electron chi connectivity index (χ3n) is 6.10. The van der Waals surface area contributed by atoms with Crippen molar-refractivity contribution in [3.05, 3.63) is 53.1 Å². The quantitative estimate of drug-likeness (QED) is 0.378. The molecule has 2 fully saturated rings. The van der Waals surface area contributed by atoms with E-state index < -0.39 is 35.7 Å². The van der Waals surface area contributed by atoms with Crippen LogP contribution in [0.4, 0.5) is 17.1 Å². The van der Waals surface area contributed by atoms with E-state index in [4.69, 9.17) is 14.2 Å². The highest BCUT2D eigenvalue weighted by Gasteiger charge is 2.42. The van der Waals surface area contributed by atoms with Gasteiger partial charge in [0.25, 0.3) is 17.7 Å². The zero-order valence-electron chi connectivity index (χ0n) is 21.2. The number of hydrogen-bond donors (Lipinski definition) is 2. The van der Waals surface area contributed by atoms with Crippen LogP contribution in [0.15, 0.2) is 51.9 Å². The molecule has 0 radical (unpaired) electrons. The molecule has 1 aromatic carbocycles. The van der Waals surface area contributed by atoms with Gasteiger partial charge in [-0.15, -0.1) is 0 Å². The molecular formula is C25H24N6O9. The van der Waals surface area contributed by atoms with Gasteiger partial charge in [-0.2, -0.15) is 10.1 Å². The fourth-order valence-electron chi connectivity index (χ4n) is 4.29. The minimum absolute atomic E-state index is 0.0278. The van der Waals surface area contributed by atoms with Crippen molar-refractivity contribution in [2.24, 2.45) is 0 Å². The molecule has 0 spiro atoms. The van der Waals surface area contributed by atoms with Crippen LogP contribution in [0.1, 0.15) is 6.92 Å². The van der Waals surface area contributed by atoms with E-state index in [1.54, 1.807) is 29.2 Å². The molecule has 0 bridgehead atoms. The van der Waals surface area contributed by atoms with Gasteiger partial charge in [-0.1, -0.05) is 6.07 Å². The van der Waals surface area contributed by atoms with E-state index in [-0.39, 0.29) is 42.9 Å². The topological polar surface area (TPSA) is 186 Å². The molecule has 2 atom stereocenters. The predicted molar refractivity (Wildman–Crippen MR) is 136 cm³/mol. The molecule has 3 amide bonds. The predicted octanol–water partition coefficient (Wildman–Crippen LogP) is 0.0903. The third kappa shape index (κ3) is 5.74. The second kappa shape index (κ2) is 11.5. The zero-order chi connectivity index (χ0) is 28.2. The Labute approximate surface area is 226 Å². The number of aromatic nitrogens is 3. The average molecular weight is 553 g/mol. The minimum atomic E-state index is -1.61. The number of anilines is 3. The Morgan fingerprint density at radius 3 is 2.55 bits per heavy atom. The summed E-state index contributed by atoms with van der Waals surface area (Å²) in [6.45, 7) is 2.10. The molecular weight excluding hydrogens is 528 g/mol. The number of amides is 3. The Morgan fingerprint density at radius 2 is 1.88 bits per heavy atom. The number of nitrogens with zero attached hydrogens (tertiary/aromatic N) is 4. The number of hydrogen-bond acceptors (Lipinski definition) is 11. The Balaban J connectivity index is 1.33. The molecule has 2 unspecified atom stereocenters. The molecule has 0 saturated carbocycles. The number of pyridine rings is 1. The van der Waals surface area contributed by atoms with Crippen molar-refractivity contribution in [1.82, 2.24) is 15.1 Å². The van der Waals surface area contributed by atoms with Crippen molar-refractivity contribution in [2.75, 3.05) is 48.0 Å². The van der Waals surface area contributed by atoms with Crippen LogP contribution in [0.5, 0.6) is 0 Å². The number of benzene rings is 1. The first kappa shape index (κ1) is 26.7. The highest BCUT2D eigenvalue weighted by atomic mass is 16.6. The number of carbonyl (C=O) groups is 4. The summed E-state index contributed by atoms with van der Waals surface area (Å²) < 4.78 is 20.6. The lowest BCUT2D eigenvalue weighted by Crippen LogP contribution is -2.56. The molecule has 40 heavy (non-hydrogen) atoms. The number of nitrogens with one attached hydrogen (secondary N) is 2. The second-order valence-corrected chi connectivity index (χ2v) is 8.78. The number of ether oxygens (including phenoxy) is 3. The first-order chi connectivity index (χ1) is 19.3. The molecule has 208 valence electrons. The van der Waals surface area contributed by atoms with Gasteiger partial charge < -0.3 is 33.9 Å². The number of carbonyl (C=O) groups excluding carboxylic acids is 4. The number of esters is 1. The van der Waals surface area contributed by atoms with Gasteiger partial charge in [0.05, 0.1) is 25.1 Å². The standard InChI is InChI=1S/C25H24N6O9/c1-14(32)39-20(23(34)27-15-5-6-18(26-12-15)22-28-25(36)40-29-22)21-24(35)31(8-10-38-21)17-4-2-3-16(11-17)30-7-9-37-13-19(30)33/h2-6,11-12,20-21H,7-10,13H2,1H3,(H,27,34)(H,28,29,36). The van der Waals surface area contributed by atoms with Crippen LogP contribution >= 0.6 is 0 Å². The van der Waals surface area contributed by atoms with E-state index in [2.05, 4.69) is 25.0 Å². The summed E-state index contributed by atoms with van der Waals surface area (Å²) in [6.07, 6.45) is -1.75. The highest BCUT2D eigenvalue weighted by molar-refractivity contribution is 6.05. The monoisotopic (exact) mass is 552 g/mol. The largest absolute Gasteiger partial charge is 0.460 e. The SMILES string of the molecule is CC(=O)OC(C(=O)Nc1ccc(-c2nc(=O)o[nH]2)nc1)C1OCCN(c2cccc(N3CCOCC3=O)c2)C1=O. The fourth-order valence-corrected chi connectivity index (χ4v) is 4.29. The zero-order valence-corrected chi connectivity index (χ0v) is 21.2. The van der Waals surface area contributed by atoms with Crippen LogP contribution < -0.4 is 20.9 Å². The van der Waals surface area contributed by atoms with Crippen LogP contribution in [0.3, 0.4) is 0 Å². The van der Waals surface area contributed by atoms with Crippen LogP contribution in [-0.4, -0.2) is 83.9 Å². The Bertz CT molecular complexity index is 1480. The van der Waals surface area contributed by atoms with Gasteiger partial charge in [-0.3, -0.25) is 24.2 Å². The Morgan fingerprint density at radius 1 is 1.10 bits per heavy atom. The summed E-state index contributed by atoms with van der Waals surface area (Å²) in [7, 11) is 0. The van der Waals surface area contributed by atoms with Gasteiger partial charge in [0, 0.05) is 31.4 Å². The number of H-pyrrole nitrogens is 1. The van der Waals surface area contributed by atoms with Gasteiger partial charge in [0.15, 0.2) is 11.9 Å². The first-order valence-corrected chi connectivity index (χ1v) is 12.2. The van der Waals surface area contributed by atoms with Crippen LogP contribution in [0, 0.1) is 0 Å². The molecule has 2 N–H and O–H groups in total. The molecule has 2 aliphatic heterocycles. The lowest BCUT2D eigenvalue weighted by atomic mass is 10.1. The maximum Gasteiger partial charge on any atom is 0.460 e. The molecule has 15 nitrogen and oxygen atoms in total. The van der Waals surface area contributed by atoms with E-state index in [0.717, 1.165) is 6.92 Å². The van der Waals surface area contributed by atoms with Crippen molar-refractivity contribution in [3.63, 3.8) is 0 Å². The van der Waals surface area contributed by atoms with E-state index in [1.807, 2.05) is 0 Å². The van der Waals surface area contributed by atoms with Crippen LogP contribution in [0.2, 0.25) is 0 Å². The fraction of sp³-hybridized carbons (Fsp3) is 0.320. The molecule has 5 rings (SSSR count). The summed E-state index contributed by atoms with van der Waals surface area (Å²) in [6, 6.07) is 9.81. The summed E-state index contributed by atoms with van der Waals surface area (Å²) in [5.74, 6) is -3.10. The normalized spacial score (nSPS) is 18.4. The molecule has 2 aliphatic rings. The smallest absolute Gasteiger partial charge is 0.449 e. The highest BCUT2D eigenvalue weighted by Crippen LogP contribution is 2.27. The van der Waals surface area contributed by atoms with Crippen molar-refractivity contribution < 1.29 is 37.9 Å². The lowest BCUT2D eigenvalue weighted by Gasteiger charge is -2.35. The molecule has 0 aliphatic carbocycles. The van der Waals surface area contributed by atoms with Crippen molar-refractivity contribution in [1.29, 1.82) is 0 Å². The van der Waals surface area contributed by atoms with E-state index in [0.29, 0.717) is 24.5 Å². The van der Waals surface area contributed by atoms with E-state index in [9.17, 15) is 24.0 Å². The number of rotatable bonds is 7. The van der Waals surface area contributed by atoms with Crippen molar-refractivity contribution >= 4 is 40.8 Å². The number of morpholine rings is 2. The first-order valence-electron chi connectivity index (χ1n) is 12.2. The van der Waals surface area contributed by atoms with Crippen LogP contribution in [0.25, 0.3) is 11.5 Å². The average Bonchev–Trinajstić information content (AvgIpc) is 3.39. The van der Waals surface area contributed by atoms with Gasteiger partial charge >= 0.3 is 11.7 Å². The van der Waals surface area contributed by atoms with Crippen LogP contribution in [-0.2, 0) is 33.4 Å². The minimum Gasteiger partial charge on any atom is -0.449 e. The molecule has 2 aromatic heterocycles. The van der Waals surface area contributed by atoms with Crippen molar-refractivity contribution in [3.8, 4) is 11.5 Å². The van der Waals surface area contributed by atoms with Gasteiger partial charge in [-0.25, -0.2) is 4.79 Å². The molecule has 2 saturated heterocycles. The van der Waals surface area contributed by atoms with Gasteiger partial charge in [-0.05, 0) is 30.3 Å². The summed E-state index contributed by atoms with van der Waals surface area (Å²) >= 11 is 0. The van der Waals surface area contributed by atoms with Crippen molar-refractivity contribution in [2.45, 2.75) is 19.1 Å². The Hall–Kier alpha value is -4.89. The maximum absolute atomic E-state index is 13.5. The van der Waals surface area contributed by atoms with E-state index in [1.165, 1.54) is 23.2 Å². The summed E-state index contributed by atoms with van der Waals surface area (Å²) in [4.78, 5) is 72.7. The summed E-state index contributed by atoms with van der Waals surface area (Å²) in [5, 5.41) is 4.88.